The number of rotatable bonds is 7. The van der Waals surface area contributed by atoms with Crippen LogP contribution in [0.25, 0.3) is 5.57 Å². The number of hydrogen-bond acceptors (Lipinski definition) is 7. The first-order chi connectivity index (χ1) is 16.2. The molecule has 3 rings (SSSR count). The Morgan fingerprint density at radius 2 is 1.82 bits per heavy atom. The largest absolute Gasteiger partial charge is 0.468 e. The minimum absolute atomic E-state index is 0.0174. The SMILES string of the molecule is COC(=O)C1C(C)=NC(C)=C(C(=O)OCC=C(C)c2ccccc2)C1c1cccc([N+](=O)[O-])c1. The van der Waals surface area contributed by atoms with Gasteiger partial charge in [-0.1, -0.05) is 42.5 Å². The Morgan fingerprint density at radius 1 is 1.12 bits per heavy atom. The number of methoxy groups -OCH3 is 1. The molecule has 8 heteroatoms. The van der Waals surface area contributed by atoms with E-state index in [1.165, 1.54) is 25.3 Å². The van der Waals surface area contributed by atoms with Crippen molar-refractivity contribution in [2.45, 2.75) is 26.7 Å². The third-order valence-electron chi connectivity index (χ3n) is 5.78. The van der Waals surface area contributed by atoms with Gasteiger partial charge < -0.3 is 9.47 Å². The zero-order chi connectivity index (χ0) is 24.8. The van der Waals surface area contributed by atoms with E-state index < -0.39 is 28.7 Å². The van der Waals surface area contributed by atoms with Crippen molar-refractivity contribution in [1.29, 1.82) is 0 Å². The zero-order valence-corrected chi connectivity index (χ0v) is 19.5. The molecule has 8 nitrogen and oxygen atoms in total. The van der Waals surface area contributed by atoms with Gasteiger partial charge in [-0.25, -0.2) is 4.79 Å². The monoisotopic (exact) mass is 462 g/mol. The lowest BCUT2D eigenvalue weighted by atomic mass is 9.75. The number of carbonyl (C=O) groups is 2. The molecule has 0 aromatic heterocycles. The van der Waals surface area contributed by atoms with E-state index >= 15 is 0 Å². The topological polar surface area (TPSA) is 108 Å². The van der Waals surface area contributed by atoms with E-state index in [1.54, 1.807) is 26.0 Å². The van der Waals surface area contributed by atoms with Crippen LogP contribution in [0, 0.1) is 16.0 Å². The van der Waals surface area contributed by atoms with E-state index in [0.29, 0.717) is 17.0 Å². The van der Waals surface area contributed by atoms with Gasteiger partial charge in [0.25, 0.3) is 5.69 Å². The van der Waals surface area contributed by atoms with Crippen LogP contribution in [-0.2, 0) is 19.1 Å². The first kappa shape index (κ1) is 24.6. The van der Waals surface area contributed by atoms with Crippen molar-refractivity contribution in [2.75, 3.05) is 13.7 Å². The minimum atomic E-state index is -0.917. The van der Waals surface area contributed by atoms with Gasteiger partial charge in [0, 0.05) is 29.5 Å². The molecule has 2 atom stereocenters. The van der Waals surface area contributed by atoms with Gasteiger partial charge in [0.1, 0.15) is 12.5 Å². The van der Waals surface area contributed by atoms with Gasteiger partial charge in [0.05, 0.1) is 17.6 Å². The van der Waals surface area contributed by atoms with Crippen LogP contribution in [0.5, 0.6) is 0 Å². The van der Waals surface area contributed by atoms with E-state index in [2.05, 4.69) is 4.99 Å². The number of nitrogens with zero attached hydrogens (tertiary/aromatic N) is 2. The Morgan fingerprint density at radius 3 is 2.47 bits per heavy atom. The lowest BCUT2D eigenvalue weighted by molar-refractivity contribution is -0.384. The smallest absolute Gasteiger partial charge is 0.336 e. The number of nitro benzene ring substituents is 1. The maximum absolute atomic E-state index is 13.2. The van der Waals surface area contributed by atoms with E-state index in [1.807, 2.05) is 37.3 Å². The fourth-order valence-corrected chi connectivity index (χ4v) is 4.07. The Labute approximate surface area is 197 Å². The Hall–Kier alpha value is -4.07. The summed E-state index contributed by atoms with van der Waals surface area (Å²) < 4.78 is 10.5. The van der Waals surface area contributed by atoms with Crippen LogP contribution in [0.3, 0.4) is 0 Å². The molecule has 0 spiro atoms. The Kier molecular flexibility index (Phi) is 7.73. The predicted molar refractivity (Wildman–Crippen MR) is 128 cm³/mol. The highest BCUT2D eigenvalue weighted by Gasteiger charge is 2.42. The molecule has 0 amide bonds. The molecule has 1 aliphatic heterocycles. The summed E-state index contributed by atoms with van der Waals surface area (Å²) in [5.74, 6) is -2.98. The third-order valence-corrected chi connectivity index (χ3v) is 5.78. The van der Waals surface area contributed by atoms with E-state index in [9.17, 15) is 19.7 Å². The van der Waals surface area contributed by atoms with Crippen LogP contribution in [-0.4, -0.2) is 36.3 Å². The second-order valence-electron chi connectivity index (χ2n) is 7.93. The maximum atomic E-state index is 13.2. The van der Waals surface area contributed by atoms with Crippen molar-refractivity contribution in [3.8, 4) is 0 Å². The van der Waals surface area contributed by atoms with Crippen LogP contribution < -0.4 is 0 Å². The number of nitro groups is 1. The average molecular weight is 463 g/mol. The molecule has 0 radical (unpaired) electrons. The van der Waals surface area contributed by atoms with Crippen molar-refractivity contribution >= 4 is 28.9 Å². The van der Waals surface area contributed by atoms with Gasteiger partial charge in [-0.3, -0.25) is 19.9 Å². The number of benzene rings is 2. The molecule has 0 aliphatic carbocycles. The molecule has 2 aromatic rings. The molecule has 0 saturated heterocycles. The maximum Gasteiger partial charge on any atom is 0.336 e. The molecule has 0 fully saturated rings. The number of allylic oxidation sites excluding steroid dienone is 2. The number of aliphatic imine (C=N–C) groups is 1. The second-order valence-corrected chi connectivity index (χ2v) is 7.93. The molecule has 0 saturated carbocycles. The van der Waals surface area contributed by atoms with Crippen molar-refractivity contribution in [3.05, 3.63) is 93.2 Å². The second kappa shape index (κ2) is 10.7. The first-order valence-electron chi connectivity index (χ1n) is 10.7. The predicted octanol–water partition coefficient (Wildman–Crippen LogP) is 4.86. The minimum Gasteiger partial charge on any atom is -0.468 e. The number of carbonyl (C=O) groups excluding carboxylic acids is 2. The zero-order valence-electron chi connectivity index (χ0n) is 19.5. The highest BCUT2D eigenvalue weighted by molar-refractivity contribution is 6.07. The van der Waals surface area contributed by atoms with E-state index in [0.717, 1.165) is 11.1 Å². The van der Waals surface area contributed by atoms with Gasteiger partial charge in [-0.05, 0) is 43.5 Å². The van der Waals surface area contributed by atoms with E-state index in [-0.39, 0.29) is 17.9 Å². The molecule has 0 bridgehead atoms. The lowest BCUT2D eigenvalue weighted by Crippen LogP contribution is -2.36. The Balaban J connectivity index is 1.97. The summed E-state index contributed by atoms with van der Waals surface area (Å²) in [4.78, 5) is 41.2. The molecule has 176 valence electrons. The molecular weight excluding hydrogens is 436 g/mol. The van der Waals surface area contributed by atoms with Gasteiger partial charge >= 0.3 is 11.9 Å². The summed E-state index contributed by atoms with van der Waals surface area (Å²) in [6, 6.07) is 15.6. The summed E-state index contributed by atoms with van der Waals surface area (Å²) in [7, 11) is 1.25. The van der Waals surface area contributed by atoms with Crippen LogP contribution in [0.4, 0.5) is 5.69 Å². The summed E-state index contributed by atoms with van der Waals surface area (Å²) >= 11 is 0. The molecule has 1 aliphatic rings. The first-order valence-corrected chi connectivity index (χ1v) is 10.7. The fourth-order valence-electron chi connectivity index (χ4n) is 4.07. The quantitative estimate of drug-likeness (QED) is 0.330. The molecule has 1 heterocycles. The fraction of sp³-hybridized carbons (Fsp3) is 0.269. The van der Waals surface area contributed by atoms with Gasteiger partial charge in [0.15, 0.2) is 0 Å². The number of ether oxygens (including phenoxy) is 2. The summed E-state index contributed by atoms with van der Waals surface area (Å²) in [6.07, 6.45) is 1.79. The van der Waals surface area contributed by atoms with E-state index in [4.69, 9.17) is 9.47 Å². The molecular formula is C26H26N2O6. The molecule has 0 N–H and O–H groups in total. The van der Waals surface area contributed by atoms with Crippen molar-refractivity contribution in [1.82, 2.24) is 0 Å². The average Bonchev–Trinajstić information content (AvgIpc) is 2.83. The lowest BCUT2D eigenvalue weighted by Gasteiger charge is -2.31. The molecule has 2 unspecified atom stereocenters. The van der Waals surface area contributed by atoms with Crippen LogP contribution in [0.1, 0.15) is 37.8 Å². The highest BCUT2D eigenvalue weighted by atomic mass is 16.6. The van der Waals surface area contributed by atoms with Crippen LogP contribution in [0.15, 0.2) is 76.9 Å². The van der Waals surface area contributed by atoms with Gasteiger partial charge in [0.2, 0.25) is 0 Å². The van der Waals surface area contributed by atoms with Gasteiger partial charge in [-0.2, -0.15) is 0 Å². The van der Waals surface area contributed by atoms with Crippen molar-refractivity contribution in [3.63, 3.8) is 0 Å². The summed E-state index contributed by atoms with van der Waals surface area (Å²) in [5, 5.41) is 11.4. The molecule has 34 heavy (non-hydrogen) atoms. The standard InChI is InChI=1S/C26H26N2O6/c1-16(19-9-6-5-7-10-19)13-14-34-26(30)23-18(3)27-17(2)22(25(29)33-4)24(23)20-11-8-12-21(15-20)28(31)32/h5-13,15,22,24H,14H2,1-4H3. The summed E-state index contributed by atoms with van der Waals surface area (Å²) in [6.45, 7) is 5.26. The van der Waals surface area contributed by atoms with Gasteiger partial charge in [-0.15, -0.1) is 0 Å². The number of non-ortho nitro benzene ring substituents is 1. The normalized spacial score (nSPS) is 18.2. The number of hydrogen-bond donors (Lipinski definition) is 0. The van der Waals surface area contributed by atoms with Crippen molar-refractivity contribution < 1.29 is 24.0 Å². The molecule has 2 aromatic carbocycles. The highest BCUT2D eigenvalue weighted by Crippen LogP contribution is 2.40. The third kappa shape index (κ3) is 5.28. The van der Waals surface area contributed by atoms with Crippen LogP contribution in [0.2, 0.25) is 0 Å². The number of esters is 2. The summed E-state index contributed by atoms with van der Waals surface area (Å²) in [5.41, 5.74) is 3.26. The Bertz CT molecular complexity index is 1200. The van der Waals surface area contributed by atoms with Crippen LogP contribution >= 0.6 is 0 Å². The van der Waals surface area contributed by atoms with Crippen molar-refractivity contribution in [2.24, 2.45) is 10.9 Å².